The van der Waals surface area contributed by atoms with Crippen LogP contribution in [0.4, 0.5) is 0 Å². The van der Waals surface area contributed by atoms with Gasteiger partial charge in [-0.15, -0.1) is 0 Å². The van der Waals surface area contributed by atoms with Gasteiger partial charge in [-0.25, -0.2) is 0 Å². The Morgan fingerprint density at radius 2 is 1.42 bits per heavy atom. The van der Waals surface area contributed by atoms with Gasteiger partial charge in [-0.1, -0.05) is 74.2 Å². The topological polar surface area (TPSA) is 0 Å². The van der Waals surface area contributed by atoms with Crippen molar-refractivity contribution in [3.8, 4) is 0 Å². The SMILES string of the molecule is C[Si](C)(C)Cc1cccc2ccc3ccccc3c12. The van der Waals surface area contributed by atoms with Crippen LogP contribution < -0.4 is 0 Å². The van der Waals surface area contributed by atoms with Crippen LogP contribution in [0, 0.1) is 0 Å². The minimum Gasteiger partial charge on any atom is -0.0693 e. The molecule has 0 heterocycles. The molecule has 0 aliphatic heterocycles. The maximum absolute atomic E-state index is 2.44. The first-order valence-corrected chi connectivity index (χ1v) is 10.6. The van der Waals surface area contributed by atoms with Gasteiger partial charge in [-0.05, 0) is 33.2 Å². The molecule has 0 spiro atoms. The maximum Gasteiger partial charge on any atom is 0.0487 e. The molecule has 0 bridgehead atoms. The molecule has 0 aliphatic rings. The predicted molar refractivity (Wildman–Crippen MR) is 88.5 cm³/mol. The Hall–Kier alpha value is -1.60. The Morgan fingerprint density at radius 3 is 2.21 bits per heavy atom. The summed E-state index contributed by atoms with van der Waals surface area (Å²) < 4.78 is 0. The molecule has 0 atom stereocenters. The van der Waals surface area contributed by atoms with Crippen molar-refractivity contribution in [1.29, 1.82) is 0 Å². The number of fused-ring (bicyclic) bond motifs is 3. The molecule has 1 heteroatoms. The molecule has 96 valence electrons. The molecule has 0 amide bonds. The molecule has 3 aromatic rings. The van der Waals surface area contributed by atoms with Gasteiger partial charge < -0.3 is 0 Å². The van der Waals surface area contributed by atoms with E-state index in [2.05, 4.69) is 74.2 Å². The quantitative estimate of drug-likeness (QED) is 0.428. The standard InChI is InChI=1S/C18H20Si/c1-19(2,3)13-16-9-6-8-15-12-11-14-7-4-5-10-17(14)18(15)16/h4-12H,13H2,1-3H3. The summed E-state index contributed by atoms with van der Waals surface area (Å²) in [7, 11) is -1.10. The lowest BCUT2D eigenvalue weighted by Crippen LogP contribution is -2.23. The Morgan fingerprint density at radius 1 is 0.737 bits per heavy atom. The highest BCUT2D eigenvalue weighted by Crippen LogP contribution is 2.29. The zero-order chi connectivity index (χ0) is 13.5. The molecule has 0 unspecified atom stereocenters. The van der Waals surface area contributed by atoms with Gasteiger partial charge in [-0.3, -0.25) is 0 Å². The second-order valence-electron chi connectivity index (χ2n) is 6.54. The monoisotopic (exact) mass is 264 g/mol. The van der Waals surface area contributed by atoms with Crippen LogP contribution in [0.15, 0.2) is 54.6 Å². The van der Waals surface area contributed by atoms with Crippen LogP contribution in [0.2, 0.25) is 19.6 Å². The van der Waals surface area contributed by atoms with E-state index in [1.54, 1.807) is 0 Å². The molecule has 0 radical (unpaired) electrons. The van der Waals surface area contributed by atoms with E-state index in [4.69, 9.17) is 0 Å². The van der Waals surface area contributed by atoms with Crippen LogP contribution in [-0.2, 0) is 6.04 Å². The van der Waals surface area contributed by atoms with Crippen molar-refractivity contribution in [2.45, 2.75) is 25.7 Å². The molecule has 3 aromatic carbocycles. The first-order chi connectivity index (χ1) is 9.04. The van der Waals surface area contributed by atoms with Crippen LogP contribution in [0.1, 0.15) is 5.56 Å². The van der Waals surface area contributed by atoms with Gasteiger partial charge in [0, 0.05) is 8.07 Å². The van der Waals surface area contributed by atoms with E-state index in [1.165, 1.54) is 33.2 Å². The normalized spacial score (nSPS) is 12.2. The van der Waals surface area contributed by atoms with Crippen LogP contribution in [-0.4, -0.2) is 8.07 Å². The van der Waals surface area contributed by atoms with Crippen molar-refractivity contribution < 1.29 is 0 Å². The Balaban J connectivity index is 2.36. The lowest BCUT2D eigenvalue weighted by molar-refractivity contribution is 1.34. The van der Waals surface area contributed by atoms with Crippen LogP contribution in [0.25, 0.3) is 21.5 Å². The Labute approximate surface area is 116 Å². The number of hydrogen-bond donors (Lipinski definition) is 0. The second-order valence-corrected chi connectivity index (χ2v) is 12.0. The third-order valence-electron chi connectivity index (χ3n) is 3.58. The van der Waals surface area contributed by atoms with Gasteiger partial charge in [0.05, 0.1) is 0 Å². The van der Waals surface area contributed by atoms with Crippen molar-refractivity contribution >= 4 is 29.6 Å². The number of hydrogen-bond acceptors (Lipinski definition) is 0. The van der Waals surface area contributed by atoms with E-state index < -0.39 is 8.07 Å². The van der Waals surface area contributed by atoms with E-state index in [0.717, 1.165) is 0 Å². The molecule has 0 fully saturated rings. The highest BCUT2D eigenvalue weighted by molar-refractivity contribution is 6.75. The molecule has 0 saturated carbocycles. The molecule has 3 rings (SSSR count). The highest BCUT2D eigenvalue weighted by atomic mass is 28.3. The van der Waals surface area contributed by atoms with Crippen LogP contribution in [0.5, 0.6) is 0 Å². The summed E-state index contributed by atoms with van der Waals surface area (Å²) in [6.07, 6.45) is 0. The molecule has 0 aliphatic carbocycles. The van der Waals surface area contributed by atoms with E-state index in [0.29, 0.717) is 0 Å². The van der Waals surface area contributed by atoms with Crippen LogP contribution >= 0.6 is 0 Å². The molecule has 0 nitrogen and oxygen atoms in total. The smallest absolute Gasteiger partial charge is 0.0487 e. The minimum atomic E-state index is -1.10. The fraction of sp³-hybridized carbons (Fsp3) is 0.222. The summed E-state index contributed by atoms with van der Waals surface area (Å²) in [5, 5.41) is 5.57. The van der Waals surface area contributed by atoms with E-state index >= 15 is 0 Å². The summed E-state index contributed by atoms with van der Waals surface area (Å²) in [6.45, 7) is 7.32. The molecule has 0 N–H and O–H groups in total. The van der Waals surface area contributed by atoms with Gasteiger partial charge in [0.15, 0.2) is 0 Å². The zero-order valence-corrected chi connectivity index (χ0v) is 12.9. The van der Waals surface area contributed by atoms with Crippen molar-refractivity contribution in [2.75, 3.05) is 0 Å². The van der Waals surface area contributed by atoms with Gasteiger partial charge in [0.1, 0.15) is 0 Å². The van der Waals surface area contributed by atoms with Gasteiger partial charge >= 0.3 is 0 Å². The third kappa shape index (κ3) is 2.43. The van der Waals surface area contributed by atoms with Crippen molar-refractivity contribution in [2.24, 2.45) is 0 Å². The minimum absolute atomic E-state index is 1.10. The fourth-order valence-electron chi connectivity index (χ4n) is 2.86. The van der Waals surface area contributed by atoms with Crippen molar-refractivity contribution in [1.82, 2.24) is 0 Å². The van der Waals surface area contributed by atoms with Gasteiger partial charge in [0.25, 0.3) is 0 Å². The second kappa shape index (κ2) is 4.50. The number of benzene rings is 3. The average molecular weight is 264 g/mol. The Kier molecular flexibility index (Phi) is 2.94. The van der Waals surface area contributed by atoms with E-state index in [1.807, 2.05) is 0 Å². The molecule has 19 heavy (non-hydrogen) atoms. The largest absolute Gasteiger partial charge is 0.0693 e. The number of rotatable bonds is 2. The first kappa shape index (κ1) is 12.4. The predicted octanol–water partition coefficient (Wildman–Crippen LogP) is 5.41. The van der Waals surface area contributed by atoms with Crippen molar-refractivity contribution in [3.05, 3.63) is 60.2 Å². The van der Waals surface area contributed by atoms with Crippen LogP contribution in [0.3, 0.4) is 0 Å². The average Bonchev–Trinajstić information content (AvgIpc) is 2.37. The maximum atomic E-state index is 2.44. The summed E-state index contributed by atoms with van der Waals surface area (Å²) in [5.74, 6) is 0. The van der Waals surface area contributed by atoms with E-state index in [9.17, 15) is 0 Å². The lowest BCUT2D eigenvalue weighted by Gasteiger charge is -2.18. The lowest BCUT2D eigenvalue weighted by atomic mass is 9.98. The molecular weight excluding hydrogens is 244 g/mol. The zero-order valence-electron chi connectivity index (χ0n) is 11.9. The summed E-state index contributed by atoms with van der Waals surface area (Å²) in [5.41, 5.74) is 1.52. The van der Waals surface area contributed by atoms with Gasteiger partial charge in [0.2, 0.25) is 0 Å². The van der Waals surface area contributed by atoms with E-state index in [-0.39, 0.29) is 0 Å². The summed E-state index contributed by atoms with van der Waals surface area (Å²) in [4.78, 5) is 0. The third-order valence-corrected chi connectivity index (χ3v) is 5.02. The first-order valence-electron chi connectivity index (χ1n) is 6.94. The highest BCUT2D eigenvalue weighted by Gasteiger charge is 2.16. The fourth-order valence-corrected chi connectivity index (χ4v) is 4.29. The molecular formula is C18H20Si. The van der Waals surface area contributed by atoms with Gasteiger partial charge in [-0.2, -0.15) is 0 Å². The Bertz CT molecular complexity index is 735. The molecule has 0 saturated heterocycles. The summed E-state index contributed by atoms with van der Waals surface area (Å²) in [6, 6.07) is 21.2. The summed E-state index contributed by atoms with van der Waals surface area (Å²) >= 11 is 0. The van der Waals surface area contributed by atoms with Crippen molar-refractivity contribution in [3.63, 3.8) is 0 Å². The molecule has 0 aromatic heterocycles.